The maximum atomic E-state index is 6.15. The molecule has 0 spiro atoms. The van der Waals surface area contributed by atoms with E-state index in [4.69, 9.17) is 32.5 Å². The highest BCUT2D eigenvalue weighted by molar-refractivity contribution is 6.32. The summed E-state index contributed by atoms with van der Waals surface area (Å²) in [6, 6.07) is 3.42. The Bertz CT molecular complexity index is 497. The Morgan fingerprint density at radius 1 is 1.37 bits per heavy atom. The second-order valence-electron chi connectivity index (χ2n) is 3.97. The lowest BCUT2D eigenvalue weighted by molar-refractivity contribution is 0.230. The third-order valence-electron chi connectivity index (χ3n) is 1.99. The van der Waals surface area contributed by atoms with Gasteiger partial charge in [0.15, 0.2) is 11.5 Å². The number of benzene rings is 1. The van der Waals surface area contributed by atoms with Gasteiger partial charge in [0.1, 0.15) is 0 Å². The average molecular weight is 285 g/mol. The van der Waals surface area contributed by atoms with Gasteiger partial charge in [0, 0.05) is 5.56 Å². The highest BCUT2D eigenvalue weighted by Crippen LogP contribution is 2.36. The molecule has 0 aromatic heterocycles. The molecule has 0 bridgehead atoms. The molecule has 0 saturated carbocycles. The molecule has 0 radical (unpaired) electrons. The molecule has 6 nitrogen and oxygen atoms in total. The number of guanidine groups is 1. The third kappa shape index (κ3) is 4.67. The van der Waals surface area contributed by atoms with Gasteiger partial charge in [-0.15, -0.1) is 5.10 Å². The van der Waals surface area contributed by atoms with E-state index in [0.29, 0.717) is 22.1 Å². The summed E-state index contributed by atoms with van der Waals surface area (Å²) in [6.07, 6.45) is 1.46. The van der Waals surface area contributed by atoms with Crippen LogP contribution in [-0.2, 0) is 0 Å². The molecule has 4 N–H and O–H groups in total. The lowest BCUT2D eigenvalue weighted by Crippen LogP contribution is -2.21. The highest BCUT2D eigenvalue weighted by atomic mass is 35.5. The molecule has 7 heteroatoms. The van der Waals surface area contributed by atoms with E-state index in [1.54, 1.807) is 12.1 Å². The van der Waals surface area contributed by atoms with Crippen LogP contribution in [0.25, 0.3) is 0 Å². The molecule has 0 heterocycles. The molecule has 0 aliphatic heterocycles. The van der Waals surface area contributed by atoms with Crippen molar-refractivity contribution in [3.05, 3.63) is 22.7 Å². The minimum absolute atomic E-state index is 0.00689. The van der Waals surface area contributed by atoms with Gasteiger partial charge in [0.2, 0.25) is 5.96 Å². The predicted molar refractivity (Wildman–Crippen MR) is 77.2 cm³/mol. The van der Waals surface area contributed by atoms with Crippen molar-refractivity contribution in [1.82, 2.24) is 0 Å². The fraction of sp³-hybridized carbons (Fsp3) is 0.333. The summed E-state index contributed by atoms with van der Waals surface area (Å²) in [7, 11) is 1.54. The van der Waals surface area contributed by atoms with Crippen LogP contribution in [0, 0.1) is 0 Å². The molecule has 0 unspecified atom stereocenters. The molecule has 19 heavy (non-hydrogen) atoms. The van der Waals surface area contributed by atoms with Crippen molar-refractivity contribution in [2.75, 3.05) is 7.11 Å². The molecule has 1 rings (SSSR count). The van der Waals surface area contributed by atoms with Crippen LogP contribution in [0.1, 0.15) is 19.4 Å². The van der Waals surface area contributed by atoms with Gasteiger partial charge in [0.05, 0.1) is 24.5 Å². The number of hydrogen-bond acceptors (Lipinski definition) is 4. The average Bonchev–Trinajstić information content (AvgIpc) is 2.31. The van der Waals surface area contributed by atoms with Gasteiger partial charge in [-0.3, -0.25) is 0 Å². The van der Waals surface area contributed by atoms with Crippen LogP contribution in [0.2, 0.25) is 5.02 Å². The number of hydrogen-bond donors (Lipinski definition) is 2. The summed E-state index contributed by atoms with van der Waals surface area (Å²) in [5.41, 5.74) is 11.0. The quantitative estimate of drug-likeness (QED) is 0.489. The topological polar surface area (TPSA) is 95.2 Å². The summed E-state index contributed by atoms with van der Waals surface area (Å²) in [5.74, 6) is 0.902. The largest absolute Gasteiger partial charge is 0.493 e. The first kappa shape index (κ1) is 15.1. The van der Waals surface area contributed by atoms with Gasteiger partial charge >= 0.3 is 0 Å². The normalized spacial score (nSPS) is 10.8. The Balaban J connectivity index is 3.08. The van der Waals surface area contributed by atoms with Crippen LogP contribution in [-0.4, -0.2) is 25.4 Å². The summed E-state index contributed by atoms with van der Waals surface area (Å²) >= 11 is 6.15. The maximum absolute atomic E-state index is 6.15. The zero-order valence-corrected chi connectivity index (χ0v) is 11.8. The van der Waals surface area contributed by atoms with Gasteiger partial charge in [-0.1, -0.05) is 11.6 Å². The third-order valence-corrected chi connectivity index (χ3v) is 2.27. The smallest absolute Gasteiger partial charge is 0.211 e. The summed E-state index contributed by atoms with van der Waals surface area (Å²) in [5, 5.41) is 7.64. The fourth-order valence-corrected chi connectivity index (χ4v) is 1.59. The van der Waals surface area contributed by atoms with Crippen LogP contribution >= 0.6 is 11.6 Å². The zero-order valence-electron chi connectivity index (χ0n) is 11.1. The van der Waals surface area contributed by atoms with E-state index in [-0.39, 0.29) is 12.1 Å². The molecular formula is C12H17ClN4O2. The van der Waals surface area contributed by atoms with Crippen molar-refractivity contribution >= 4 is 23.8 Å². The molecule has 0 aliphatic carbocycles. The van der Waals surface area contributed by atoms with Gasteiger partial charge in [-0.05, 0) is 26.0 Å². The highest BCUT2D eigenvalue weighted by Gasteiger charge is 2.12. The van der Waals surface area contributed by atoms with Crippen molar-refractivity contribution in [3.8, 4) is 11.5 Å². The van der Waals surface area contributed by atoms with Gasteiger partial charge < -0.3 is 20.9 Å². The standard InChI is InChI=1S/C12H17ClN4O2/c1-7(2)19-11-9(13)4-8(5-10(11)18-3)6-16-17-12(14)15/h4-7H,1-3H3,(H4,14,15,17). The molecule has 0 fully saturated rings. The number of nitrogens with two attached hydrogens (primary N) is 2. The first-order chi connectivity index (χ1) is 8.93. The molecule has 0 atom stereocenters. The van der Waals surface area contributed by atoms with Crippen LogP contribution in [0.5, 0.6) is 11.5 Å². The van der Waals surface area contributed by atoms with E-state index in [1.807, 2.05) is 13.8 Å². The fourth-order valence-electron chi connectivity index (χ4n) is 1.33. The summed E-state index contributed by atoms with van der Waals surface area (Å²) in [4.78, 5) is 0. The van der Waals surface area contributed by atoms with E-state index in [9.17, 15) is 0 Å². The molecule has 0 aliphatic rings. The van der Waals surface area contributed by atoms with Crippen LogP contribution in [0.3, 0.4) is 0 Å². The first-order valence-electron chi connectivity index (χ1n) is 5.60. The first-order valence-corrected chi connectivity index (χ1v) is 5.98. The Labute approximate surface area is 117 Å². The summed E-state index contributed by atoms with van der Waals surface area (Å²) in [6.45, 7) is 3.81. The van der Waals surface area contributed by atoms with E-state index in [1.165, 1.54) is 13.3 Å². The number of nitrogens with zero attached hydrogens (tertiary/aromatic N) is 2. The van der Waals surface area contributed by atoms with Gasteiger partial charge in [-0.2, -0.15) is 5.10 Å². The van der Waals surface area contributed by atoms with Crippen molar-refractivity contribution in [2.45, 2.75) is 20.0 Å². The van der Waals surface area contributed by atoms with E-state index in [0.717, 1.165) is 0 Å². The van der Waals surface area contributed by atoms with Crippen molar-refractivity contribution < 1.29 is 9.47 Å². The zero-order chi connectivity index (χ0) is 14.4. The Hall–Kier alpha value is -1.95. The van der Waals surface area contributed by atoms with E-state index >= 15 is 0 Å². The van der Waals surface area contributed by atoms with E-state index < -0.39 is 0 Å². The molecular weight excluding hydrogens is 268 g/mol. The number of ether oxygens (including phenoxy) is 2. The Morgan fingerprint density at radius 3 is 2.58 bits per heavy atom. The van der Waals surface area contributed by atoms with Crippen LogP contribution < -0.4 is 20.9 Å². The SMILES string of the molecule is COc1cc(C=NN=C(N)N)cc(Cl)c1OC(C)C. The second kappa shape index (κ2) is 6.84. The van der Waals surface area contributed by atoms with Crippen molar-refractivity contribution in [1.29, 1.82) is 0 Å². The monoisotopic (exact) mass is 284 g/mol. The molecule has 104 valence electrons. The predicted octanol–water partition coefficient (Wildman–Crippen LogP) is 1.74. The van der Waals surface area contributed by atoms with Crippen molar-refractivity contribution in [2.24, 2.45) is 21.7 Å². The minimum Gasteiger partial charge on any atom is -0.493 e. The Kier molecular flexibility index (Phi) is 5.44. The van der Waals surface area contributed by atoms with Gasteiger partial charge in [0.25, 0.3) is 0 Å². The van der Waals surface area contributed by atoms with Crippen LogP contribution in [0.4, 0.5) is 0 Å². The van der Waals surface area contributed by atoms with Gasteiger partial charge in [-0.25, -0.2) is 0 Å². The lowest BCUT2D eigenvalue weighted by atomic mass is 10.2. The van der Waals surface area contributed by atoms with E-state index in [2.05, 4.69) is 10.2 Å². The maximum Gasteiger partial charge on any atom is 0.211 e. The second-order valence-corrected chi connectivity index (χ2v) is 4.38. The number of rotatable bonds is 5. The Morgan fingerprint density at radius 2 is 2.05 bits per heavy atom. The molecule has 0 amide bonds. The van der Waals surface area contributed by atoms with Crippen molar-refractivity contribution in [3.63, 3.8) is 0 Å². The molecule has 1 aromatic rings. The molecule has 1 aromatic carbocycles. The van der Waals surface area contributed by atoms with Crippen LogP contribution in [0.15, 0.2) is 22.3 Å². The number of halogens is 1. The summed E-state index contributed by atoms with van der Waals surface area (Å²) < 4.78 is 10.8. The minimum atomic E-state index is -0.117. The number of methoxy groups -OCH3 is 1. The molecule has 0 saturated heterocycles. The lowest BCUT2D eigenvalue weighted by Gasteiger charge is -2.15.